The molecule has 23 heavy (non-hydrogen) atoms. The Labute approximate surface area is 136 Å². The largest absolute Gasteiger partial charge is 0.373 e. The lowest BCUT2D eigenvalue weighted by atomic mass is 9.95. The van der Waals surface area contributed by atoms with Crippen molar-refractivity contribution >= 4 is 5.91 Å². The molecule has 5 heteroatoms. The molecule has 1 fully saturated rings. The maximum absolute atomic E-state index is 12.2. The summed E-state index contributed by atoms with van der Waals surface area (Å²) >= 11 is 0. The molecule has 0 saturated carbocycles. The van der Waals surface area contributed by atoms with E-state index in [1.165, 1.54) is 5.56 Å². The number of rotatable bonds is 5. The van der Waals surface area contributed by atoms with Crippen LogP contribution in [0.5, 0.6) is 0 Å². The third-order valence-electron chi connectivity index (χ3n) is 4.30. The predicted molar refractivity (Wildman–Crippen MR) is 88.0 cm³/mol. The second-order valence-electron chi connectivity index (χ2n) is 6.14. The highest BCUT2D eigenvalue weighted by Gasteiger charge is 2.29. The minimum absolute atomic E-state index is 0.00471. The van der Waals surface area contributed by atoms with Crippen molar-refractivity contribution in [3.8, 4) is 0 Å². The number of benzene rings is 1. The number of nitrogens with one attached hydrogen (secondary N) is 1. The van der Waals surface area contributed by atoms with Crippen molar-refractivity contribution in [3.63, 3.8) is 0 Å². The van der Waals surface area contributed by atoms with E-state index in [0.29, 0.717) is 12.5 Å². The van der Waals surface area contributed by atoms with Crippen LogP contribution in [0.4, 0.5) is 0 Å². The van der Waals surface area contributed by atoms with Crippen LogP contribution >= 0.6 is 0 Å². The molecule has 0 radical (unpaired) electrons. The molecule has 0 unspecified atom stereocenters. The summed E-state index contributed by atoms with van der Waals surface area (Å²) in [6.07, 6.45) is 1.05. The van der Waals surface area contributed by atoms with Crippen LogP contribution in [0.2, 0.25) is 0 Å². The molecule has 1 aliphatic rings. The normalized spacial score (nSPS) is 20.6. The third kappa shape index (κ3) is 3.79. The quantitative estimate of drug-likeness (QED) is 0.922. The van der Waals surface area contributed by atoms with Gasteiger partial charge in [0, 0.05) is 24.8 Å². The molecule has 2 aromatic rings. The van der Waals surface area contributed by atoms with Gasteiger partial charge in [-0.25, -0.2) is 0 Å². The van der Waals surface area contributed by atoms with Crippen molar-refractivity contribution in [2.45, 2.75) is 32.9 Å². The van der Waals surface area contributed by atoms with Gasteiger partial charge in [-0.15, -0.1) is 0 Å². The molecule has 1 aromatic carbocycles. The summed E-state index contributed by atoms with van der Waals surface area (Å²) in [7, 11) is 0. The zero-order chi connectivity index (χ0) is 16.2. The monoisotopic (exact) mass is 313 g/mol. The fraction of sp³-hybridized carbons (Fsp3) is 0.444. The van der Waals surface area contributed by atoms with E-state index in [2.05, 4.69) is 22.5 Å². The summed E-state index contributed by atoms with van der Waals surface area (Å²) in [5.41, 5.74) is 3.12. The highest BCUT2D eigenvalue weighted by atomic mass is 16.5. The second kappa shape index (κ2) is 6.96. The summed E-state index contributed by atoms with van der Waals surface area (Å²) in [4.78, 5) is 12.2. The summed E-state index contributed by atoms with van der Waals surface area (Å²) in [6.45, 7) is 5.55. The van der Waals surface area contributed by atoms with E-state index in [1.54, 1.807) is 4.68 Å². The number of carbonyl (C=O) groups excluding carboxylic acids is 1. The lowest BCUT2D eigenvalue weighted by Gasteiger charge is -2.19. The van der Waals surface area contributed by atoms with Crippen LogP contribution < -0.4 is 5.32 Å². The van der Waals surface area contributed by atoms with E-state index >= 15 is 0 Å². The Balaban J connectivity index is 1.55. The number of aromatic nitrogens is 2. The maximum atomic E-state index is 12.2. The molecule has 1 amide bonds. The molecule has 1 N–H and O–H groups in total. The van der Waals surface area contributed by atoms with E-state index in [9.17, 15) is 4.79 Å². The molecule has 3 rings (SSSR count). The molecule has 122 valence electrons. The van der Waals surface area contributed by atoms with Crippen LogP contribution in [0, 0.1) is 19.8 Å². The molecule has 0 spiro atoms. The summed E-state index contributed by atoms with van der Waals surface area (Å²) in [6, 6.07) is 12.2. The summed E-state index contributed by atoms with van der Waals surface area (Å²) in [5, 5.41) is 7.35. The smallest absolute Gasteiger partial charge is 0.241 e. The fourth-order valence-corrected chi connectivity index (χ4v) is 3.13. The van der Waals surface area contributed by atoms with Crippen molar-refractivity contribution in [1.82, 2.24) is 15.1 Å². The van der Waals surface area contributed by atoms with Gasteiger partial charge in [0.2, 0.25) is 5.91 Å². The first kappa shape index (κ1) is 15.7. The van der Waals surface area contributed by atoms with Crippen LogP contribution in [0.25, 0.3) is 0 Å². The van der Waals surface area contributed by atoms with Crippen molar-refractivity contribution in [1.29, 1.82) is 0 Å². The Kier molecular flexibility index (Phi) is 4.76. The van der Waals surface area contributed by atoms with Gasteiger partial charge < -0.3 is 10.1 Å². The van der Waals surface area contributed by atoms with Gasteiger partial charge in [0.05, 0.1) is 11.8 Å². The number of amides is 1. The number of hydrogen-bond acceptors (Lipinski definition) is 3. The minimum atomic E-state index is -0.00471. The van der Waals surface area contributed by atoms with Crippen LogP contribution in [-0.4, -0.2) is 28.8 Å². The van der Waals surface area contributed by atoms with E-state index < -0.39 is 0 Å². The van der Waals surface area contributed by atoms with Crippen molar-refractivity contribution < 1.29 is 9.53 Å². The fourth-order valence-electron chi connectivity index (χ4n) is 3.13. The van der Waals surface area contributed by atoms with Gasteiger partial charge in [-0.2, -0.15) is 5.10 Å². The van der Waals surface area contributed by atoms with Crippen molar-refractivity contribution in [2.24, 2.45) is 5.92 Å². The molecular weight excluding hydrogens is 290 g/mol. The molecule has 2 atom stereocenters. The van der Waals surface area contributed by atoms with Gasteiger partial charge >= 0.3 is 0 Å². The molecule has 5 nitrogen and oxygen atoms in total. The van der Waals surface area contributed by atoms with Gasteiger partial charge in [0.1, 0.15) is 6.54 Å². The lowest BCUT2D eigenvalue weighted by molar-refractivity contribution is -0.122. The Morgan fingerprint density at radius 3 is 2.83 bits per heavy atom. The third-order valence-corrected chi connectivity index (χ3v) is 4.30. The Bertz CT molecular complexity index is 666. The van der Waals surface area contributed by atoms with Gasteiger partial charge in [-0.3, -0.25) is 9.48 Å². The van der Waals surface area contributed by atoms with Crippen LogP contribution in [0.3, 0.4) is 0 Å². The molecular formula is C18H23N3O2. The van der Waals surface area contributed by atoms with E-state index in [-0.39, 0.29) is 18.6 Å². The first-order valence-corrected chi connectivity index (χ1v) is 8.08. The SMILES string of the molecule is Cc1cc(C)n(CC(=O)NC[C@H]2CCO[C@@H]2c2ccccc2)n1. The topological polar surface area (TPSA) is 56.2 Å². The van der Waals surface area contributed by atoms with Crippen LogP contribution in [0.15, 0.2) is 36.4 Å². The molecule has 0 aliphatic carbocycles. The number of hydrogen-bond donors (Lipinski definition) is 1. The molecule has 2 heterocycles. The molecule has 1 aromatic heterocycles. The summed E-state index contributed by atoms with van der Waals surface area (Å²) in [5.74, 6) is 0.316. The molecule has 0 bridgehead atoms. The highest BCUT2D eigenvalue weighted by Crippen LogP contribution is 2.33. The number of aryl methyl sites for hydroxylation is 2. The second-order valence-corrected chi connectivity index (χ2v) is 6.14. The Hall–Kier alpha value is -2.14. The van der Waals surface area contributed by atoms with E-state index in [4.69, 9.17) is 4.74 Å². The first-order chi connectivity index (χ1) is 11.1. The van der Waals surface area contributed by atoms with Crippen LogP contribution in [-0.2, 0) is 16.1 Å². The Morgan fingerprint density at radius 1 is 1.35 bits per heavy atom. The van der Waals surface area contributed by atoms with Crippen molar-refractivity contribution in [3.05, 3.63) is 53.3 Å². The van der Waals surface area contributed by atoms with Crippen molar-refractivity contribution in [2.75, 3.05) is 13.2 Å². The van der Waals surface area contributed by atoms with Gasteiger partial charge in [0.25, 0.3) is 0 Å². The standard InChI is InChI=1S/C18H23N3O2/c1-13-10-14(2)21(20-13)12-17(22)19-11-16-8-9-23-18(16)15-6-4-3-5-7-15/h3-7,10,16,18H,8-9,11-12H2,1-2H3,(H,19,22)/t16-,18-/m1/s1. The molecule has 1 saturated heterocycles. The maximum Gasteiger partial charge on any atom is 0.241 e. The number of nitrogens with zero attached hydrogens (tertiary/aromatic N) is 2. The van der Waals surface area contributed by atoms with Crippen LogP contribution in [0.1, 0.15) is 29.5 Å². The average molecular weight is 313 g/mol. The first-order valence-electron chi connectivity index (χ1n) is 8.08. The number of ether oxygens (including phenoxy) is 1. The highest BCUT2D eigenvalue weighted by molar-refractivity contribution is 5.75. The number of carbonyl (C=O) groups is 1. The lowest BCUT2D eigenvalue weighted by Crippen LogP contribution is -2.33. The summed E-state index contributed by atoms with van der Waals surface area (Å²) < 4.78 is 7.60. The van der Waals surface area contributed by atoms with E-state index in [0.717, 1.165) is 24.4 Å². The van der Waals surface area contributed by atoms with Gasteiger partial charge in [0.15, 0.2) is 0 Å². The average Bonchev–Trinajstić information content (AvgIpc) is 3.13. The Morgan fingerprint density at radius 2 is 2.13 bits per heavy atom. The zero-order valence-electron chi connectivity index (χ0n) is 13.7. The zero-order valence-corrected chi connectivity index (χ0v) is 13.7. The predicted octanol–water partition coefficient (Wildman–Crippen LogP) is 2.39. The van der Waals surface area contributed by atoms with Gasteiger partial charge in [-0.05, 0) is 31.9 Å². The minimum Gasteiger partial charge on any atom is -0.373 e. The van der Waals surface area contributed by atoms with E-state index in [1.807, 2.05) is 38.1 Å². The van der Waals surface area contributed by atoms with Gasteiger partial charge in [-0.1, -0.05) is 30.3 Å². The molecule has 1 aliphatic heterocycles.